The summed E-state index contributed by atoms with van der Waals surface area (Å²) >= 11 is -2.20. The van der Waals surface area contributed by atoms with E-state index in [-0.39, 0.29) is 41.1 Å². The van der Waals surface area contributed by atoms with Crippen molar-refractivity contribution >= 4 is 20.9 Å². The van der Waals surface area contributed by atoms with Gasteiger partial charge in [0.25, 0.3) is 0 Å². The maximum Gasteiger partial charge on any atom is 1.00 e. The molecule has 0 aliphatic carbocycles. The predicted molar refractivity (Wildman–Crippen MR) is 31.4 cm³/mol. The van der Waals surface area contributed by atoms with Gasteiger partial charge in [-0.1, -0.05) is 11.1 Å². The molecule has 1 rings (SSSR count). The minimum absolute atomic E-state index is 0. The van der Waals surface area contributed by atoms with Crippen LogP contribution in [0.3, 0.4) is 0 Å². The topological polar surface area (TPSA) is 74.3 Å². The van der Waals surface area contributed by atoms with E-state index in [9.17, 15) is 17.2 Å². The van der Waals surface area contributed by atoms with Crippen LogP contribution >= 0.6 is 0 Å². The minimum atomic E-state index is -2.97. The molecule has 4 nitrogen and oxygen atoms in total. The zero-order valence-corrected chi connectivity index (χ0v) is 9.07. The van der Waals surface area contributed by atoms with Crippen molar-refractivity contribution in [2.24, 2.45) is 0 Å². The number of sulfone groups is 1. The molecule has 1 atom stereocenters. The van der Waals surface area contributed by atoms with Crippen LogP contribution in [0.2, 0.25) is 0 Å². The second-order valence-electron chi connectivity index (χ2n) is 1.96. The third kappa shape index (κ3) is 2.60. The fraction of sp³-hybridized carbons (Fsp3) is 1.00. The molecular weight excluding hydrogens is 187 g/mol. The van der Waals surface area contributed by atoms with E-state index >= 15 is 0 Å². The summed E-state index contributed by atoms with van der Waals surface area (Å²) in [5.41, 5.74) is 0. The second-order valence-corrected chi connectivity index (χ2v) is 5.30. The molecule has 0 amide bonds. The van der Waals surface area contributed by atoms with E-state index < -0.39 is 26.2 Å². The molecule has 0 spiro atoms. The van der Waals surface area contributed by atoms with Crippen LogP contribution in [0.1, 0.15) is 0 Å². The molecule has 0 saturated carbocycles. The SMILES string of the molecule is O=S([O-])C1CS(=O)(=O)C1.[Na+]. The van der Waals surface area contributed by atoms with Crippen LogP contribution in [-0.4, -0.2) is 33.9 Å². The molecule has 0 radical (unpaired) electrons. The molecule has 0 bridgehead atoms. The molecule has 54 valence electrons. The molecule has 1 saturated heterocycles. The second kappa shape index (κ2) is 3.64. The Hall–Kier alpha value is 1.06. The Labute approximate surface area is 83.9 Å². The van der Waals surface area contributed by atoms with Crippen molar-refractivity contribution in [1.29, 1.82) is 0 Å². The molecule has 7 heteroatoms. The van der Waals surface area contributed by atoms with Gasteiger partial charge >= 0.3 is 29.6 Å². The van der Waals surface area contributed by atoms with Crippen molar-refractivity contribution in [2.75, 3.05) is 11.5 Å². The van der Waals surface area contributed by atoms with E-state index in [4.69, 9.17) is 0 Å². The molecule has 0 aromatic rings. The molecule has 10 heavy (non-hydrogen) atoms. The Morgan fingerprint density at radius 1 is 1.40 bits per heavy atom. The number of hydrogen-bond acceptors (Lipinski definition) is 4. The molecule has 1 heterocycles. The first-order valence-corrected chi connectivity index (χ1v) is 5.26. The van der Waals surface area contributed by atoms with Gasteiger partial charge in [-0.25, -0.2) is 8.42 Å². The quantitative estimate of drug-likeness (QED) is 0.311. The van der Waals surface area contributed by atoms with Gasteiger partial charge in [-0.15, -0.1) is 0 Å². The first kappa shape index (κ1) is 11.1. The summed E-state index contributed by atoms with van der Waals surface area (Å²) in [6.45, 7) is 0. The molecular formula is C3H5NaO4S2. The van der Waals surface area contributed by atoms with Crippen LogP contribution in [0.15, 0.2) is 0 Å². The fourth-order valence-corrected chi connectivity index (χ4v) is 3.80. The Morgan fingerprint density at radius 2 is 1.80 bits per heavy atom. The van der Waals surface area contributed by atoms with Gasteiger partial charge in [-0.3, -0.25) is 4.21 Å². The van der Waals surface area contributed by atoms with Gasteiger partial charge in [0, 0.05) is 5.25 Å². The number of rotatable bonds is 1. The van der Waals surface area contributed by atoms with Gasteiger partial charge in [0.15, 0.2) is 9.84 Å². The van der Waals surface area contributed by atoms with Crippen molar-refractivity contribution in [3.05, 3.63) is 0 Å². The third-order valence-corrected chi connectivity index (χ3v) is 4.27. The minimum Gasteiger partial charge on any atom is -0.772 e. The largest absolute Gasteiger partial charge is 1.00 e. The van der Waals surface area contributed by atoms with Crippen molar-refractivity contribution in [1.82, 2.24) is 0 Å². The molecule has 1 aliphatic rings. The summed E-state index contributed by atoms with van der Waals surface area (Å²) in [6.07, 6.45) is 0. The molecule has 1 unspecified atom stereocenters. The Morgan fingerprint density at radius 3 is 1.90 bits per heavy atom. The van der Waals surface area contributed by atoms with E-state index in [1.165, 1.54) is 0 Å². The van der Waals surface area contributed by atoms with Crippen LogP contribution in [0.5, 0.6) is 0 Å². The van der Waals surface area contributed by atoms with E-state index in [2.05, 4.69) is 0 Å². The third-order valence-electron chi connectivity index (χ3n) is 1.15. The summed E-state index contributed by atoms with van der Waals surface area (Å²) in [4.78, 5) is 0. The molecule has 0 aromatic heterocycles. The number of hydrogen-bond donors (Lipinski definition) is 0. The van der Waals surface area contributed by atoms with Crippen LogP contribution in [-0.2, 0) is 20.9 Å². The van der Waals surface area contributed by atoms with Crippen molar-refractivity contribution in [2.45, 2.75) is 5.25 Å². The van der Waals surface area contributed by atoms with Crippen molar-refractivity contribution < 1.29 is 46.7 Å². The van der Waals surface area contributed by atoms with E-state index in [1.807, 2.05) is 0 Å². The Kier molecular flexibility index (Phi) is 4.03. The van der Waals surface area contributed by atoms with E-state index in [0.717, 1.165) is 0 Å². The Balaban J connectivity index is 0.000000810. The zero-order valence-electron chi connectivity index (χ0n) is 5.44. The van der Waals surface area contributed by atoms with Gasteiger partial charge in [0.2, 0.25) is 0 Å². The molecule has 0 aromatic carbocycles. The summed E-state index contributed by atoms with van der Waals surface area (Å²) in [5.74, 6) is -0.383. The summed E-state index contributed by atoms with van der Waals surface area (Å²) < 4.78 is 40.7. The zero-order chi connectivity index (χ0) is 7.07. The van der Waals surface area contributed by atoms with Crippen LogP contribution < -0.4 is 29.6 Å². The van der Waals surface area contributed by atoms with Crippen LogP contribution in [0.4, 0.5) is 0 Å². The van der Waals surface area contributed by atoms with E-state index in [1.54, 1.807) is 0 Å². The van der Waals surface area contributed by atoms with Gasteiger partial charge in [0.05, 0.1) is 11.5 Å². The fourth-order valence-electron chi connectivity index (χ4n) is 0.629. The maximum absolute atomic E-state index is 10.3. The summed E-state index contributed by atoms with van der Waals surface area (Å²) in [5, 5.41) is -0.644. The first-order valence-electron chi connectivity index (χ1n) is 2.30. The molecule has 1 aliphatic heterocycles. The van der Waals surface area contributed by atoms with Crippen LogP contribution in [0.25, 0.3) is 0 Å². The predicted octanol–water partition coefficient (Wildman–Crippen LogP) is -4.33. The average molecular weight is 192 g/mol. The normalized spacial score (nSPS) is 26.1. The smallest absolute Gasteiger partial charge is 0.772 e. The Bertz CT molecular complexity index is 221. The summed E-state index contributed by atoms with van der Waals surface area (Å²) in [6, 6.07) is 0. The van der Waals surface area contributed by atoms with Gasteiger partial charge in [-0.05, 0) is 0 Å². The first-order chi connectivity index (χ1) is 4.01. The van der Waals surface area contributed by atoms with Gasteiger partial charge in [-0.2, -0.15) is 0 Å². The van der Waals surface area contributed by atoms with Crippen molar-refractivity contribution in [3.63, 3.8) is 0 Å². The average Bonchev–Trinajstić information content (AvgIpc) is 1.59. The molecule has 1 fully saturated rings. The summed E-state index contributed by atoms with van der Waals surface area (Å²) in [7, 11) is -2.97. The van der Waals surface area contributed by atoms with Gasteiger partial charge in [0.1, 0.15) is 0 Å². The van der Waals surface area contributed by atoms with Crippen LogP contribution in [0, 0.1) is 0 Å². The molecule has 0 N–H and O–H groups in total. The standard InChI is InChI=1S/C3H6O4S2.Na/c4-8(5)3-1-9(6,7)2-3;/h3H,1-2H2,(H,4,5);/q;+1/p-1. The van der Waals surface area contributed by atoms with Crippen molar-refractivity contribution in [3.8, 4) is 0 Å². The maximum atomic E-state index is 10.3. The van der Waals surface area contributed by atoms with E-state index in [0.29, 0.717) is 0 Å². The van der Waals surface area contributed by atoms with Gasteiger partial charge < -0.3 is 4.55 Å². The monoisotopic (exact) mass is 192 g/mol.